The first kappa shape index (κ1) is 17.4. The highest BCUT2D eigenvalue weighted by molar-refractivity contribution is 6.06. The van der Waals surface area contributed by atoms with Crippen molar-refractivity contribution < 1.29 is 0 Å². The van der Waals surface area contributed by atoms with Crippen LogP contribution in [-0.4, -0.2) is 4.98 Å². The molecule has 27 heavy (non-hydrogen) atoms. The van der Waals surface area contributed by atoms with Crippen LogP contribution in [0.15, 0.2) is 97.1 Å². The maximum absolute atomic E-state index is 3.38. The van der Waals surface area contributed by atoms with Gasteiger partial charge >= 0.3 is 0 Å². The van der Waals surface area contributed by atoms with Crippen molar-refractivity contribution in [1.82, 2.24) is 4.98 Å². The molecule has 1 N–H and O–H groups in total. The average molecular weight is 351 g/mol. The number of benzene rings is 3. The summed E-state index contributed by atoms with van der Waals surface area (Å²) < 4.78 is 0. The highest BCUT2D eigenvalue weighted by Crippen LogP contribution is 2.35. The van der Waals surface area contributed by atoms with Crippen LogP contribution < -0.4 is 0 Å². The van der Waals surface area contributed by atoms with E-state index in [4.69, 9.17) is 0 Å². The summed E-state index contributed by atoms with van der Waals surface area (Å²) in [5.74, 6) is 0. The predicted octanol–water partition coefficient (Wildman–Crippen LogP) is 7.38. The van der Waals surface area contributed by atoms with Crippen molar-refractivity contribution >= 4 is 27.4 Å². The quantitative estimate of drug-likeness (QED) is 0.368. The molecule has 1 heteroatoms. The molecule has 1 aliphatic carbocycles. The van der Waals surface area contributed by atoms with Crippen LogP contribution in [0.3, 0.4) is 0 Å². The summed E-state index contributed by atoms with van der Waals surface area (Å²) in [7, 11) is 0. The minimum atomic E-state index is 0.305. The Morgan fingerprint density at radius 2 is 1.26 bits per heavy atom. The minimum absolute atomic E-state index is 0.305. The van der Waals surface area contributed by atoms with E-state index in [2.05, 4.69) is 116 Å². The number of aromatic amines is 1. The van der Waals surface area contributed by atoms with Crippen molar-refractivity contribution in [1.29, 1.82) is 0 Å². The van der Waals surface area contributed by atoms with Crippen LogP contribution in [0.4, 0.5) is 0 Å². The number of nitrogens with one attached hydrogen (secondary N) is 1. The third-order valence-corrected chi connectivity index (χ3v) is 5.05. The molecule has 1 nitrogen and oxygen atoms in total. The van der Waals surface area contributed by atoms with Gasteiger partial charge in [0.2, 0.25) is 0 Å². The summed E-state index contributed by atoms with van der Waals surface area (Å²) in [5.41, 5.74) is 5.52. The number of hydrogen-bond acceptors (Lipinski definition) is 0. The second kappa shape index (κ2) is 7.28. The summed E-state index contributed by atoms with van der Waals surface area (Å²) >= 11 is 0. The van der Waals surface area contributed by atoms with Crippen LogP contribution in [0, 0.1) is 5.41 Å². The standard InChI is InChI=1S/C14H16.C12H9N/c1-14(2)10-6-9-13(11-14)12-7-4-3-5-8-12;1-3-7-11-9(5-1)10-6-2-4-8-12(10)13-11/h3-10H,11H2,1-2H3;1-8,13H. The van der Waals surface area contributed by atoms with E-state index in [1.807, 2.05) is 0 Å². The second-order valence-electron chi connectivity index (χ2n) is 7.80. The number of fused-ring (bicyclic) bond motifs is 3. The summed E-state index contributed by atoms with van der Waals surface area (Å²) in [5, 5.41) is 2.61. The fraction of sp³-hybridized carbons (Fsp3) is 0.154. The molecule has 0 fully saturated rings. The fourth-order valence-corrected chi connectivity index (χ4v) is 3.68. The van der Waals surface area contributed by atoms with Gasteiger partial charge in [0.1, 0.15) is 0 Å². The minimum Gasteiger partial charge on any atom is -0.355 e. The van der Waals surface area contributed by atoms with E-state index in [-0.39, 0.29) is 0 Å². The lowest BCUT2D eigenvalue weighted by molar-refractivity contribution is 0.492. The van der Waals surface area contributed by atoms with Crippen LogP contribution in [0.25, 0.3) is 27.4 Å². The first-order valence-corrected chi connectivity index (χ1v) is 9.52. The Kier molecular flexibility index (Phi) is 4.68. The Morgan fingerprint density at radius 3 is 1.85 bits per heavy atom. The molecule has 5 rings (SSSR count). The maximum Gasteiger partial charge on any atom is 0.0464 e. The zero-order valence-corrected chi connectivity index (χ0v) is 15.9. The monoisotopic (exact) mass is 351 g/mol. The molecular weight excluding hydrogens is 326 g/mol. The van der Waals surface area contributed by atoms with E-state index in [0.717, 1.165) is 6.42 Å². The Balaban J connectivity index is 0.000000134. The SMILES string of the molecule is CC1(C)C=CC=C(c2ccccc2)C1.c1ccc2c(c1)[nH]c1ccccc12. The first-order valence-electron chi connectivity index (χ1n) is 9.52. The maximum atomic E-state index is 3.38. The van der Waals surface area contributed by atoms with Gasteiger partial charge in [0, 0.05) is 21.8 Å². The van der Waals surface area contributed by atoms with E-state index in [1.54, 1.807) is 0 Å². The number of para-hydroxylation sites is 2. The fourth-order valence-electron chi connectivity index (χ4n) is 3.68. The Labute approximate surface area is 161 Å². The van der Waals surface area contributed by atoms with Crippen molar-refractivity contribution in [2.45, 2.75) is 20.3 Å². The van der Waals surface area contributed by atoms with Crippen LogP contribution in [-0.2, 0) is 0 Å². The molecular formula is C26H25N. The van der Waals surface area contributed by atoms with E-state index in [0.29, 0.717) is 5.41 Å². The Hall–Kier alpha value is -3.06. The molecule has 3 aromatic carbocycles. The Morgan fingerprint density at radius 1 is 0.704 bits per heavy atom. The second-order valence-corrected chi connectivity index (χ2v) is 7.80. The third-order valence-electron chi connectivity index (χ3n) is 5.05. The topological polar surface area (TPSA) is 15.8 Å². The molecule has 0 unspecified atom stereocenters. The predicted molar refractivity (Wildman–Crippen MR) is 118 cm³/mol. The highest BCUT2D eigenvalue weighted by atomic mass is 14.7. The number of rotatable bonds is 1. The average Bonchev–Trinajstić information content (AvgIpc) is 3.07. The van der Waals surface area contributed by atoms with Gasteiger partial charge < -0.3 is 4.98 Å². The normalized spacial score (nSPS) is 15.3. The molecule has 4 aromatic rings. The van der Waals surface area contributed by atoms with Gasteiger partial charge in [-0.3, -0.25) is 0 Å². The lowest BCUT2D eigenvalue weighted by atomic mass is 9.80. The van der Waals surface area contributed by atoms with Gasteiger partial charge in [-0.25, -0.2) is 0 Å². The van der Waals surface area contributed by atoms with Gasteiger partial charge in [-0.1, -0.05) is 98.8 Å². The van der Waals surface area contributed by atoms with E-state index < -0.39 is 0 Å². The largest absolute Gasteiger partial charge is 0.355 e. The lowest BCUT2D eigenvalue weighted by Crippen LogP contribution is -2.10. The van der Waals surface area contributed by atoms with Crippen LogP contribution >= 0.6 is 0 Å². The highest BCUT2D eigenvalue weighted by Gasteiger charge is 2.19. The summed E-state index contributed by atoms with van der Waals surface area (Å²) in [6.07, 6.45) is 7.80. The van der Waals surface area contributed by atoms with Crippen LogP contribution in [0.1, 0.15) is 25.8 Å². The molecule has 0 saturated heterocycles. The van der Waals surface area contributed by atoms with Gasteiger partial charge in [0.25, 0.3) is 0 Å². The molecule has 1 heterocycles. The van der Waals surface area contributed by atoms with E-state index in [9.17, 15) is 0 Å². The molecule has 0 saturated carbocycles. The molecule has 0 radical (unpaired) electrons. The molecule has 0 bridgehead atoms. The van der Waals surface area contributed by atoms with Crippen molar-refractivity contribution in [2.24, 2.45) is 5.41 Å². The van der Waals surface area contributed by atoms with Crippen molar-refractivity contribution in [3.8, 4) is 0 Å². The Bertz CT molecular complexity index is 1060. The summed E-state index contributed by atoms with van der Waals surface area (Å²) in [6.45, 7) is 4.55. The molecule has 0 spiro atoms. The van der Waals surface area contributed by atoms with Crippen LogP contribution in [0.5, 0.6) is 0 Å². The lowest BCUT2D eigenvalue weighted by Gasteiger charge is -2.25. The van der Waals surface area contributed by atoms with E-state index in [1.165, 1.54) is 32.9 Å². The van der Waals surface area contributed by atoms with Crippen molar-refractivity contribution in [3.05, 3.63) is 103 Å². The van der Waals surface area contributed by atoms with Crippen LogP contribution in [0.2, 0.25) is 0 Å². The molecule has 134 valence electrons. The van der Waals surface area contributed by atoms with Gasteiger partial charge in [0.15, 0.2) is 0 Å². The number of hydrogen-bond donors (Lipinski definition) is 1. The van der Waals surface area contributed by atoms with Gasteiger partial charge in [-0.15, -0.1) is 0 Å². The van der Waals surface area contributed by atoms with Gasteiger partial charge in [-0.2, -0.15) is 0 Å². The molecule has 1 aromatic heterocycles. The van der Waals surface area contributed by atoms with Crippen molar-refractivity contribution in [3.63, 3.8) is 0 Å². The third kappa shape index (κ3) is 3.88. The zero-order valence-electron chi connectivity index (χ0n) is 15.9. The first-order chi connectivity index (χ1) is 13.1. The van der Waals surface area contributed by atoms with Gasteiger partial charge in [-0.05, 0) is 35.1 Å². The summed E-state index contributed by atoms with van der Waals surface area (Å²) in [4.78, 5) is 3.38. The van der Waals surface area contributed by atoms with Gasteiger partial charge in [0.05, 0.1) is 0 Å². The number of H-pyrrole nitrogens is 1. The zero-order chi connectivity index (χ0) is 18.7. The van der Waals surface area contributed by atoms with E-state index >= 15 is 0 Å². The molecule has 0 amide bonds. The number of aromatic nitrogens is 1. The smallest absolute Gasteiger partial charge is 0.0464 e. The molecule has 0 atom stereocenters. The molecule has 0 aliphatic heterocycles. The number of allylic oxidation sites excluding steroid dienone is 4. The van der Waals surface area contributed by atoms with Crippen molar-refractivity contribution in [2.75, 3.05) is 0 Å². The summed E-state index contributed by atoms with van der Waals surface area (Å²) in [6, 6.07) is 27.4. The molecule has 1 aliphatic rings.